The molecule has 2 amide bonds. The highest BCUT2D eigenvalue weighted by Crippen LogP contribution is 2.17. The van der Waals surface area contributed by atoms with Gasteiger partial charge in [0.15, 0.2) is 0 Å². The molecule has 0 radical (unpaired) electrons. The second kappa shape index (κ2) is 13.0. The Kier molecular flexibility index (Phi) is 10.3. The Labute approximate surface area is 175 Å². The van der Waals surface area contributed by atoms with Crippen molar-refractivity contribution in [2.24, 2.45) is 0 Å². The van der Waals surface area contributed by atoms with Crippen molar-refractivity contribution in [3.63, 3.8) is 0 Å². The Morgan fingerprint density at radius 2 is 1.79 bits per heavy atom. The lowest BCUT2D eigenvalue weighted by atomic mass is 10.3. The van der Waals surface area contributed by atoms with Gasteiger partial charge in [0.1, 0.15) is 5.75 Å². The molecular weight excluding hydrogens is 364 g/mol. The summed E-state index contributed by atoms with van der Waals surface area (Å²) in [6.07, 6.45) is 6.01. The Bertz CT molecular complexity index is 614. The van der Waals surface area contributed by atoms with Gasteiger partial charge in [0.2, 0.25) is 0 Å². The average Bonchev–Trinajstić information content (AvgIpc) is 2.74. The van der Waals surface area contributed by atoms with Gasteiger partial charge in [-0.05, 0) is 30.7 Å². The zero-order chi connectivity index (χ0) is 20.9. The van der Waals surface area contributed by atoms with E-state index in [0.29, 0.717) is 0 Å². The fourth-order valence-electron chi connectivity index (χ4n) is 3.25. The first-order valence-corrected chi connectivity index (χ1v) is 10.6. The van der Waals surface area contributed by atoms with Crippen LogP contribution in [0.4, 0.5) is 10.5 Å². The van der Waals surface area contributed by atoms with E-state index in [2.05, 4.69) is 35.2 Å². The highest BCUT2D eigenvalue weighted by atomic mass is 16.5. The van der Waals surface area contributed by atoms with Crippen LogP contribution in [0.15, 0.2) is 49.6 Å². The normalized spacial score (nSPS) is 14.6. The molecule has 0 bridgehead atoms. The van der Waals surface area contributed by atoms with E-state index >= 15 is 0 Å². The summed E-state index contributed by atoms with van der Waals surface area (Å²) < 4.78 is 5.66. The number of piperazine rings is 1. The number of carbonyl (C=O) groups is 1. The van der Waals surface area contributed by atoms with Crippen molar-refractivity contribution in [3.05, 3.63) is 49.6 Å². The van der Waals surface area contributed by atoms with Crippen LogP contribution in [0.1, 0.15) is 19.8 Å². The molecule has 1 heterocycles. The number of urea groups is 1. The third kappa shape index (κ3) is 8.30. The number of carbonyl (C=O) groups excluding carboxylic acids is 1. The zero-order valence-electron chi connectivity index (χ0n) is 17.8. The van der Waals surface area contributed by atoms with Crippen LogP contribution in [-0.2, 0) is 0 Å². The molecule has 1 fully saturated rings. The molecule has 1 aliphatic rings. The molecule has 160 valence electrons. The SMILES string of the molecule is C=CCN(CC=C)CCN1CCN(C(=O)Nc2ccc(OCCCC)cc2)CC1. The molecule has 1 aromatic carbocycles. The lowest BCUT2D eigenvalue weighted by Crippen LogP contribution is -2.51. The molecular formula is C23H36N4O2. The number of unbranched alkanes of at least 4 members (excludes halogenated alkanes) is 1. The van der Waals surface area contributed by atoms with Crippen molar-refractivity contribution >= 4 is 11.7 Å². The number of benzene rings is 1. The molecule has 2 rings (SSSR count). The summed E-state index contributed by atoms with van der Waals surface area (Å²) in [6.45, 7) is 17.5. The predicted molar refractivity (Wildman–Crippen MR) is 121 cm³/mol. The number of anilines is 1. The van der Waals surface area contributed by atoms with E-state index in [-0.39, 0.29) is 6.03 Å². The molecule has 0 unspecified atom stereocenters. The maximum Gasteiger partial charge on any atom is 0.321 e. The maximum absolute atomic E-state index is 12.5. The molecule has 6 heteroatoms. The molecule has 0 aliphatic carbocycles. The minimum atomic E-state index is -0.0377. The Hall–Kier alpha value is -2.31. The van der Waals surface area contributed by atoms with Gasteiger partial charge in [0.25, 0.3) is 0 Å². The molecule has 6 nitrogen and oxygen atoms in total. The Balaban J connectivity index is 1.71. The van der Waals surface area contributed by atoms with Gasteiger partial charge >= 0.3 is 6.03 Å². The number of hydrogen-bond donors (Lipinski definition) is 1. The fourth-order valence-corrected chi connectivity index (χ4v) is 3.25. The zero-order valence-corrected chi connectivity index (χ0v) is 17.8. The molecule has 1 aromatic rings. The quantitative estimate of drug-likeness (QED) is 0.429. The molecule has 0 aromatic heterocycles. The van der Waals surface area contributed by atoms with E-state index in [1.807, 2.05) is 41.3 Å². The largest absolute Gasteiger partial charge is 0.494 e. The van der Waals surface area contributed by atoms with Gasteiger partial charge < -0.3 is 15.0 Å². The van der Waals surface area contributed by atoms with Crippen molar-refractivity contribution in [2.75, 3.05) is 64.3 Å². The van der Waals surface area contributed by atoms with Gasteiger partial charge in [-0.3, -0.25) is 9.80 Å². The van der Waals surface area contributed by atoms with Crippen LogP contribution >= 0.6 is 0 Å². The smallest absolute Gasteiger partial charge is 0.321 e. The number of rotatable bonds is 12. The lowest BCUT2D eigenvalue weighted by molar-refractivity contribution is 0.137. The summed E-state index contributed by atoms with van der Waals surface area (Å²) in [7, 11) is 0. The minimum absolute atomic E-state index is 0.0377. The van der Waals surface area contributed by atoms with Crippen molar-refractivity contribution in [3.8, 4) is 5.75 Å². The molecule has 0 saturated carbocycles. The minimum Gasteiger partial charge on any atom is -0.494 e. The second-order valence-electron chi connectivity index (χ2n) is 7.32. The van der Waals surface area contributed by atoms with E-state index in [1.165, 1.54) is 0 Å². The second-order valence-corrected chi connectivity index (χ2v) is 7.32. The summed E-state index contributed by atoms with van der Waals surface area (Å²) >= 11 is 0. The van der Waals surface area contributed by atoms with Crippen LogP contribution in [0.2, 0.25) is 0 Å². The molecule has 1 N–H and O–H groups in total. The number of nitrogens with one attached hydrogen (secondary N) is 1. The number of nitrogens with zero attached hydrogens (tertiary/aromatic N) is 3. The van der Waals surface area contributed by atoms with Crippen LogP contribution in [0, 0.1) is 0 Å². The van der Waals surface area contributed by atoms with Gasteiger partial charge in [-0.15, -0.1) is 13.2 Å². The summed E-state index contributed by atoms with van der Waals surface area (Å²) in [5.74, 6) is 0.840. The van der Waals surface area contributed by atoms with Crippen LogP contribution in [-0.4, -0.2) is 79.7 Å². The average molecular weight is 401 g/mol. The van der Waals surface area contributed by atoms with Crippen LogP contribution in [0.5, 0.6) is 5.75 Å². The van der Waals surface area contributed by atoms with Crippen molar-refractivity contribution in [1.29, 1.82) is 0 Å². The monoisotopic (exact) mass is 400 g/mol. The highest BCUT2D eigenvalue weighted by molar-refractivity contribution is 5.89. The standard InChI is InChI=1S/C23H36N4O2/c1-4-7-20-29-22-10-8-21(9-11-22)24-23(28)27-18-16-26(17-19-27)15-14-25(12-5-2)13-6-3/h5-6,8-11H,2-4,7,12-20H2,1H3,(H,24,28). The third-order valence-corrected chi connectivity index (χ3v) is 5.04. The van der Waals surface area contributed by atoms with Crippen LogP contribution < -0.4 is 10.1 Å². The molecule has 1 aliphatic heterocycles. The first-order valence-electron chi connectivity index (χ1n) is 10.6. The van der Waals surface area contributed by atoms with Gasteiger partial charge in [0.05, 0.1) is 6.61 Å². The van der Waals surface area contributed by atoms with E-state index in [4.69, 9.17) is 4.74 Å². The van der Waals surface area contributed by atoms with Crippen LogP contribution in [0.3, 0.4) is 0 Å². The Morgan fingerprint density at radius 1 is 1.14 bits per heavy atom. The fraction of sp³-hybridized carbons (Fsp3) is 0.522. The summed E-state index contributed by atoms with van der Waals surface area (Å²) in [5, 5.41) is 2.99. The van der Waals surface area contributed by atoms with E-state index < -0.39 is 0 Å². The summed E-state index contributed by atoms with van der Waals surface area (Å²) in [4.78, 5) is 19.1. The van der Waals surface area contributed by atoms with Gasteiger partial charge in [-0.1, -0.05) is 25.5 Å². The van der Waals surface area contributed by atoms with Crippen molar-refractivity contribution in [2.45, 2.75) is 19.8 Å². The van der Waals surface area contributed by atoms with Crippen LogP contribution in [0.25, 0.3) is 0 Å². The van der Waals surface area contributed by atoms with Gasteiger partial charge in [-0.2, -0.15) is 0 Å². The Morgan fingerprint density at radius 3 is 2.38 bits per heavy atom. The number of hydrogen-bond acceptors (Lipinski definition) is 4. The highest BCUT2D eigenvalue weighted by Gasteiger charge is 2.21. The van der Waals surface area contributed by atoms with E-state index in [0.717, 1.165) is 83.2 Å². The van der Waals surface area contributed by atoms with E-state index in [9.17, 15) is 4.79 Å². The summed E-state index contributed by atoms with van der Waals surface area (Å²) in [5.41, 5.74) is 0.796. The lowest BCUT2D eigenvalue weighted by Gasteiger charge is -2.35. The topological polar surface area (TPSA) is 48.0 Å². The van der Waals surface area contributed by atoms with Crippen molar-refractivity contribution < 1.29 is 9.53 Å². The van der Waals surface area contributed by atoms with Gasteiger partial charge in [-0.25, -0.2) is 4.79 Å². The molecule has 0 atom stereocenters. The molecule has 1 saturated heterocycles. The van der Waals surface area contributed by atoms with E-state index in [1.54, 1.807) is 0 Å². The number of ether oxygens (including phenoxy) is 1. The third-order valence-electron chi connectivity index (χ3n) is 5.04. The first kappa shape index (κ1) is 23.0. The number of amides is 2. The van der Waals surface area contributed by atoms with Crippen molar-refractivity contribution in [1.82, 2.24) is 14.7 Å². The summed E-state index contributed by atoms with van der Waals surface area (Å²) in [6, 6.07) is 7.55. The van der Waals surface area contributed by atoms with Gasteiger partial charge in [0, 0.05) is 58.0 Å². The molecule has 0 spiro atoms. The predicted octanol–water partition coefficient (Wildman–Crippen LogP) is 3.69. The maximum atomic E-state index is 12.5. The molecule has 29 heavy (non-hydrogen) atoms. The first-order chi connectivity index (χ1) is 14.2.